The summed E-state index contributed by atoms with van der Waals surface area (Å²) in [5.41, 5.74) is 4.25. The van der Waals surface area contributed by atoms with Crippen LogP contribution < -0.4 is 22.3 Å². The van der Waals surface area contributed by atoms with E-state index in [1.807, 2.05) is 0 Å². The standard InChI is InChI=1S/C12H16N4O4/c13-3-1-2-8-6-16(12(19)15-11(8)18)10-5-14-4-9(7-17)20-10/h6,9-10,14,17H,3-5,7,13H2,(H,15,18,19). The summed E-state index contributed by atoms with van der Waals surface area (Å²) in [7, 11) is 0. The topological polar surface area (TPSA) is 122 Å². The average Bonchev–Trinajstić information content (AvgIpc) is 2.46. The van der Waals surface area contributed by atoms with Crippen molar-refractivity contribution in [1.82, 2.24) is 14.9 Å². The molecule has 1 aliphatic rings. The Kier molecular flexibility index (Phi) is 4.70. The van der Waals surface area contributed by atoms with E-state index in [-0.39, 0.29) is 18.7 Å². The number of ether oxygens (including phenoxy) is 1. The summed E-state index contributed by atoms with van der Waals surface area (Å²) < 4.78 is 6.80. The summed E-state index contributed by atoms with van der Waals surface area (Å²) >= 11 is 0. The second-order valence-corrected chi connectivity index (χ2v) is 4.27. The Morgan fingerprint density at radius 2 is 2.30 bits per heavy atom. The monoisotopic (exact) mass is 280 g/mol. The summed E-state index contributed by atoms with van der Waals surface area (Å²) in [5, 5.41) is 12.1. The summed E-state index contributed by atoms with van der Waals surface area (Å²) in [6.45, 7) is 0.866. The fourth-order valence-electron chi connectivity index (χ4n) is 1.89. The quantitative estimate of drug-likeness (QED) is 0.438. The average molecular weight is 280 g/mol. The first-order valence-electron chi connectivity index (χ1n) is 6.17. The summed E-state index contributed by atoms with van der Waals surface area (Å²) in [5.74, 6) is 5.16. The van der Waals surface area contributed by atoms with Crippen LogP contribution in [0.3, 0.4) is 0 Å². The van der Waals surface area contributed by atoms with Crippen molar-refractivity contribution in [2.45, 2.75) is 12.3 Å². The Bertz CT molecular complexity index is 639. The Balaban J connectivity index is 2.36. The molecule has 2 heterocycles. The maximum absolute atomic E-state index is 11.8. The first-order valence-corrected chi connectivity index (χ1v) is 6.17. The third kappa shape index (κ3) is 3.15. The molecule has 0 radical (unpaired) electrons. The molecule has 0 bridgehead atoms. The molecule has 2 atom stereocenters. The highest BCUT2D eigenvalue weighted by Crippen LogP contribution is 2.12. The van der Waals surface area contributed by atoms with Crippen LogP contribution in [-0.2, 0) is 4.74 Å². The zero-order valence-corrected chi connectivity index (χ0v) is 10.8. The highest BCUT2D eigenvalue weighted by atomic mass is 16.5. The molecule has 20 heavy (non-hydrogen) atoms. The highest BCUT2D eigenvalue weighted by molar-refractivity contribution is 5.29. The number of nitrogens with two attached hydrogens (primary N) is 1. The molecule has 5 N–H and O–H groups in total. The molecule has 8 heteroatoms. The number of H-pyrrole nitrogens is 1. The maximum atomic E-state index is 11.8. The summed E-state index contributed by atoms with van der Waals surface area (Å²) in [4.78, 5) is 25.6. The Morgan fingerprint density at radius 1 is 1.50 bits per heavy atom. The van der Waals surface area contributed by atoms with E-state index in [2.05, 4.69) is 22.1 Å². The molecule has 1 aliphatic heterocycles. The van der Waals surface area contributed by atoms with Crippen LogP contribution in [0.15, 0.2) is 15.8 Å². The molecule has 1 aromatic rings. The number of hydrogen-bond acceptors (Lipinski definition) is 6. The van der Waals surface area contributed by atoms with Crippen molar-refractivity contribution in [2.75, 3.05) is 26.2 Å². The van der Waals surface area contributed by atoms with E-state index < -0.39 is 23.6 Å². The number of aromatic nitrogens is 2. The predicted octanol–water partition coefficient (Wildman–Crippen LogP) is -2.67. The SMILES string of the molecule is NCC#Cc1cn(C2CNCC(CO)O2)c(=O)[nH]c1=O. The zero-order valence-electron chi connectivity index (χ0n) is 10.8. The minimum atomic E-state index is -0.608. The number of aromatic amines is 1. The molecule has 8 nitrogen and oxygen atoms in total. The minimum Gasteiger partial charge on any atom is -0.394 e. The number of rotatable bonds is 2. The van der Waals surface area contributed by atoms with Crippen LogP contribution in [-0.4, -0.2) is 47.0 Å². The number of nitrogens with one attached hydrogen (secondary N) is 2. The predicted molar refractivity (Wildman–Crippen MR) is 71.1 cm³/mol. The van der Waals surface area contributed by atoms with Gasteiger partial charge in [0.2, 0.25) is 0 Å². The summed E-state index contributed by atoms with van der Waals surface area (Å²) in [6.07, 6.45) is 0.338. The Morgan fingerprint density at radius 3 is 3.00 bits per heavy atom. The van der Waals surface area contributed by atoms with Gasteiger partial charge in [-0.3, -0.25) is 14.3 Å². The molecular formula is C12H16N4O4. The van der Waals surface area contributed by atoms with Gasteiger partial charge >= 0.3 is 5.69 Å². The van der Waals surface area contributed by atoms with Gasteiger partial charge in [0.1, 0.15) is 5.56 Å². The third-order valence-electron chi connectivity index (χ3n) is 2.85. The smallest absolute Gasteiger partial charge is 0.330 e. The van der Waals surface area contributed by atoms with Gasteiger partial charge in [0, 0.05) is 19.3 Å². The van der Waals surface area contributed by atoms with Crippen LogP contribution >= 0.6 is 0 Å². The molecule has 108 valence electrons. The van der Waals surface area contributed by atoms with Gasteiger partial charge in [0.05, 0.1) is 19.3 Å². The van der Waals surface area contributed by atoms with Crippen molar-refractivity contribution in [2.24, 2.45) is 5.73 Å². The molecule has 1 saturated heterocycles. The molecule has 2 rings (SSSR count). The van der Waals surface area contributed by atoms with Crippen molar-refractivity contribution in [1.29, 1.82) is 0 Å². The van der Waals surface area contributed by atoms with Crippen LogP contribution in [0.1, 0.15) is 11.8 Å². The van der Waals surface area contributed by atoms with Crippen LogP contribution in [0.5, 0.6) is 0 Å². The Hall–Kier alpha value is -1.92. The number of morpholine rings is 1. The first-order chi connectivity index (χ1) is 9.65. The van der Waals surface area contributed by atoms with Gasteiger partial charge in [0.25, 0.3) is 5.56 Å². The minimum absolute atomic E-state index is 0.118. The second kappa shape index (κ2) is 6.49. The largest absolute Gasteiger partial charge is 0.394 e. The Labute approximate surface area is 114 Å². The zero-order chi connectivity index (χ0) is 14.5. The van der Waals surface area contributed by atoms with E-state index in [9.17, 15) is 9.59 Å². The van der Waals surface area contributed by atoms with Gasteiger partial charge in [0.15, 0.2) is 6.23 Å². The van der Waals surface area contributed by atoms with Gasteiger partial charge in [-0.1, -0.05) is 11.8 Å². The van der Waals surface area contributed by atoms with E-state index in [0.29, 0.717) is 13.1 Å². The highest BCUT2D eigenvalue weighted by Gasteiger charge is 2.23. The lowest BCUT2D eigenvalue weighted by molar-refractivity contribution is -0.0968. The summed E-state index contributed by atoms with van der Waals surface area (Å²) in [6, 6.07) is 0. The molecule has 0 saturated carbocycles. The van der Waals surface area contributed by atoms with Crippen molar-refractivity contribution in [3.05, 3.63) is 32.6 Å². The van der Waals surface area contributed by atoms with Gasteiger partial charge < -0.3 is 20.9 Å². The molecular weight excluding hydrogens is 264 g/mol. The van der Waals surface area contributed by atoms with Crippen LogP contribution in [0.2, 0.25) is 0 Å². The molecule has 1 aromatic heterocycles. The van der Waals surface area contributed by atoms with E-state index in [4.69, 9.17) is 15.6 Å². The van der Waals surface area contributed by atoms with Crippen molar-refractivity contribution >= 4 is 0 Å². The van der Waals surface area contributed by atoms with Crippen molar-refractivity contribution in [3.8, 4) is 11.8 Å². The molecule has 0 amide bonds. The van der Waals surface area contributed by atoms with E-state index in [0.717, 1.165) is 0 Å². The lowest BCUT2D eigenvalue weighted by Crippen LogP contribution is -2.47. The van der Waals surface area contributed by atoms with E-state index >= 15 is 0 Å². The van der Waals surface area contributed by atoms with E-state index in [1.165, 1.54) is 10.8 Å². The van der Waals surface area contributed by atoms with Gasteiger partial charge in [-0.2, -0.15) is 0 Å². The number of nitrogens with zero attached hydrogens (tertiary/aromatic N) is 1. The molecule has 1 fully saturated rings. The number of hydrogen-bond donors (Lipinski definition) is 4. The van der Waals surface area contributed by atoms with Gasteiger partial charge in [-0.25, -0.2) is 4.79 Å². The number of aliphatic hydroxyl groups excluding tert-OH is 1. The van der Waals surface area contributed by atoms with Crippen molar-refractivity contribution in [3.63, 3.8) is 0 Å². The normalized spacial score (nSPS) is 22.1. The van der Waals surface area contributed by atoms with Crippen LogP contribution in [0, 0.1) is 11.8 Å². The second-order valence-electron chi connectivity index (χ2n) is 4.27. The van der Waals surface area contributed by atoms with Crippen LogP contribution in [0.4, 0.5) is 0 Å². The fraction of sp³-hybridized carbons (Fsp3) is 0.500. The third-order valence-corrected chi connectivity index (χ3v) is 2.85. The fourth-order valence-corrected chi connectivity index (χ4v) is 1.89. The molecule has 0 spiro atoms. The van der Waals surface area contributed by atoms with E-state index in [1.54, 1.807) is 0 Å². The lowest BCUT2D eigenvalue weighted by atomic mass is 10.3. The van der Waals surface area contributed by atoms with Crippen molar-refractivity contribution < 1.29 is 9.84 Å². The van der Waals surface area contributed by atoms with Crippen LogP contribution in [0.25, 0.3) is 0 Å². The first kappa shape index (κ1) is 14.5. The van der Waals surface area contributed by atoms with Gasteiger partial charge in [-0.05, 0) is 0 Å². The maximum Gasteiger partial charge on any atom is 0.330 e. The lowest BCUT2D eigenvalue weighted by Gasteiger charge is -2.30. The molecule has 0 aromatic carbocycles. The molecule has 2 unspecified atom stereocenters. The van der Waals surface area contributed by atoms with Gasteiger partial charge in [-0.15, -0.1) is 0 Å². The number of aliphatic hydroxyl groups is 1. The molecule has 0 aliphatic carbocycles.